The van der Waals surface area contributed by atoms with Crippen molar-refractivity contribution in [2.24, 2.45) is 5.92 Å². The SMILES string of the molecule is Cc1c(C=O)c2ccccc2n1CC(=O)N[C@H]1CCCC[C@H]1C. The fraction of sp³-hybridized carbons (Fsp3) is 0.474. The molecule has 1 N–H and O–H groups in total. The number of para-hydroxylation sites is 1. The van der Waals surface area contributed by atoms with Gasteiger partial charge in [0.05, 0.1) is 0 Å². The number of hydrogen-bond acceptors (Lipinski definition) is 2. The highest BCUT2D eigenvalue weighted by molar-refractivity contribution is 5.99. The maximum atomic E-state index is 12.5. The van der Waals surface area contributed by atoms with Crippen LogP contribution in [-0.4, -0.2) is 22.8 Å². The van der Waals surface area contributed by atoms with E-state index >= 15 is 0 Å². The van der Waals surface area contributed by atoms with E-state index in [1.807, 2.05) is 35.8 Å². The number of carbonyl (C=O) groups excluding carboxylic acids is 2. The molecular formula is C19H24N2O2. The van der Waals surface area contributed by atoms with E-state index in [9.17, 15) is 9.59 Å². The van der Waals surface area contributed by atoms with Crippen LogP contribution in [0.1, 0.15) is 48.7 Å². The number of carbonyl (C=O) groups is 2. The van der Waals surface area contributed by atoms with Crippen molar-refractivity contribution in [3.05, 3.63) is 35.5 Å². The molecule has 1 aliphatic rings. The minimum absolute atomic E-state index is 0.0325. The number of fused-ring (bicyclic) bond motifs is 1. The van der Waals surface area contributed by atoms with Crippen LogP contribution in [0, 0.1) is 12.8 Å². The van der Waals surface area contributed by atoms with Gasteiger partial charge in [-0.15, -0.1) is 0 Å². The van der Waals surface area contributed by atoms with Crippen LogP contribution in [0.5, 0.6) is 0 Å². The van der Waals surface area contributed by atoms with E-state index in [-0.39, 0.29) is 18.5 Å². The van der Waals surface area contributed by atoms with Gasteiger partial charge in [0.2, 0.25) is 5.91 Å². The van der Waals surface area contributed by atoms with Crippen LogP contribution in [0.25, 0.3) is 10.9 Å². The Morgan fingerprint density at radius 2 is 2.04 bits per heavy atom. The van der Waals surface area contributed by atoms with Crippen LogP contribution in [0.3, 0.4) is 0 Å². The van der Waals surface area contributed by atoms with E-state index in [0.717, 1.165) is 29.3 Å². The molecular weight excluding hydrogens is 288 g/mol. The van der Waals surface area contributed by atoms with Crippen molar-refractivity contribution < 1.29 is 9.59 Å². The fourth-order valence-electron chi connectivity index (χ4n) is 3.74. The zero-order valence-corrected chi connectivity index (χ0v) is 13.8. The van der Waals surface area contributed by atoms with Crippen molar-refractivity contribution in [1.82, 2.24) is 9.88 Å². The van der Waals surface area contributed by atoms with Gasteiger partial charge in [-0.05, 0) is 31.7 Å². The number of nitrogens with zero attached hydrogens (tertiary/aromatic N) is 1. The molecule has 1 saturated carbocycles. The van der Waals surface area contributed by atoms with Crippen molar-refractivity contribution in [1.29, 1.82) is 0 Å². The summed E-state index contributed by atoms with van der Waals surface area (Å²) in [5.74, 6) is 0.575. The normalized spacial score (nSPS) is 21.3. The van der Waals surface area contributed by atoms with E-state index in [0.29, 0.717) is 11.5 Å². The van der Waals surface area contributed by atoms with E-state index < -0.39 is 0 Å². The molecule has 0 aliphatic heterocycles. The fourth-order valence-corrected chi connectivity index (χ4v) is 3.74. The Morgan fingerprint density at radius 1 is 1.30 bits per heavy atom. The second-order valence-corrected chi connectivity index (χ2v) is 6.66. The summed E-state index contributed by atoms with van der Waals surface area (Å²) in [7, 11) is 0. The van der Waals surface area contributed by atoms with Gasteiger partial charge in [0.15, 0.2) is 6.29 Å². The van der Waals surface area contributed by atoms with Gasteiger partial charge >= 0.3 is 0 Å². The Hall–Kier alpha value is -2.10. The van der Waals surface area contributed by atoms with Crippen molar-refractivity contribution in [3.63, 3.8) is 0 Å². The third kappa shape index (κ3) is 3.03. The summed E-state index contributed by atoms with van der Waals surface area (Å²) >= 11 is 0. The predicted molar refractivity (Wildman–Crippen MR) is 91.6 cm³/mol. The maximum absolute atomic E-state index is 12.5. The molecule has 1 amide bonds. The predicted octanol–water partition coefficient (Wildman–Crippen LogP) is 3.46. The number of aldehydes is 1. The Kier molecular flexibility index (Phi) is 4.51. The van der Waals surface area contributed by atoms with Gasteiger partial charge in [-0.25, -0.2) is 0 Å². The molecule has 0 spiro atoms. The lowest BCUT2D eigenvalue weighted by atomic mass is 9.86. The van der Waals surface area contributed by atoms with Crippen molar-refractivity contribution in [3.8, 4) is 0 Å². The second kappa shape index (κ2) is 6.57. The first-order valence-corrected chi connectivity index (χ1v) is 8.44. The molecule has 23 heavy (non-hydrogen) atoms. The van der Waals surface area contributed by atoms with E-state index in [4.69, 9.17) is 0 Å². The molecule has 1 heterocycles. The molecule has 1 aromatic heterocycles. The summed E-state index contributed by atoms with van der Waals surface area (Å²) in [5.41, 5.74) is 2.48. The highest BCUT2D eigenvalue weighted by Gasteiger charge is 2.23. The number of nitrogens with one attached hydrogen (secondary N) is 1. The maximum Gasteiger partial charge on any atom is 0.240 e. The molecule has 4 nitrogen and oxygen atoms in total. The van der Waals surface area contributed by atoms with E-state index in [1.54, 1.807) is 0 Å². The molecule has 0 radical (unpaired) electrons. The quantitative estimate of drug-likeness (QED) is 0.879. The van der Waals surface area contributed by atoms with Crippen LogP contribution in [0.4, 0.5) is 0 Å². The van der Waals surface area contributed by atoms with E-state index in [2.05, 4.69) is 12.2 Å². The van der Waals surface area contributed by atoms with Gasteiger partial charge in [0, 0.05) is 28.2 Å². The van der Waals surface area contributed by atoms with Crippen molar-refractivity contribution in [2.45, 2.75) is 52.1 Å². The van der Waals surface area contributed by atoms with Gasteiger partial charge in [-0.2, -0.15) is 0 Å². The Labute approximate surface area is 136 Å². The van der Waals surface area contributed by atoms with Gasteiger partial charge in [0.1, 0.15) is 6.54 Å². The average Bonchev–Trinajstić information content (AvgIpc) is 2.81. The first-order chi connectivity index (χ1) is 11.1. The lowest BCUT2D eigenvalue weighted by Crippen LogP contribution is -2.42. The Balaban J connectivity index is 1.82. The monoisotopic (exact) mass is 312 g/mol. The molecule has 0 unspecified atom stereocenters. The third-order valence-corrected chi connectivity index (χ3v) is 5.16. The lowest BCUT2D eigenvalue weighted by molar-refractivity contribution is -0.122. The third-order valence-electron chi connectivity index (χ3n) is 5.16. The van der Waals surface area contributed by atoms with Crippen LogP contribution in [0.15, 0.2) is 24.3 Å². The molecule has 4 heteroatoms. The second-order valence-electron chi connectivity index (χ2n) is 6.66. The number of amides is 1. The Bertz CT molecular complexity index is 732. The van der Waals surface area contributed by atoms with E-state index in [1.165, 1.54) is 19.3 Å². The summed E-state index contributed by atoms with van der Waals surface area (Å²) in [5, 5.41) is 4.10. The highest BCUT2D eigenvalue weighted by Crippen LogP contribution is 2.25. The van der Waals surface area contributed by atoms with Crippen LogP contribution in [0.2, 0.25) is 0 Å². The summed E-state index contributed by atoms with van der Waals surface area (Å²) in [6.45, 7) is 4.38. The summed E-state index contributed by atoms with van der Waals surface area (Å²) in [4.78, 5) is 23.9. The van der Waals surface area contributed by atoms with Crippen molar-refractivity contribution >= 4 is 23.1 Å². The van der Waals surface area contributed by atoms with Crippen LogP contribution >= 0.6 is 0 Å². The molecule has 0 bridgehead atoms. The molecule has 1 aromatic carbocycles. The number of benzene rings is 1. The lowest BCUT2D eigenvalue weighted by Gasteiger charge is -2.29. The first kappa shape index (κ1) is 15.8. The number of aromatic nitrogens is 1. The van der Waals surface area contributed by atoms with Gasteiger partial charge in [0.25, 0.3) is 0 Å². The largest absolute Gasteiger partial charge is 0.352 e. The number of hydrogen-bond donors (Lipinski definition) is 1. The zero-order chi connectivity index (χ0) is 16.4. The van der Waals surface area contributed by atoms with Crippen molar-refractivity contribution in [2.75, 3.05) is 0 Å². The standard InChI is InChI=1S/C19H24N2O2/c1-13-7-3-5-9-17(13)20-19(23)11-21-14(2)16(12-22)15-8-4-6-10-18(15)21/h4,6,8,10,12-13,17H,3,5,7,9,11H2,1-2H3,(H,20,23)/t13-,17+/m1/s1. The van der Waals surface area contributed by atoms with Gasteiger partial charge in [-0.1, -0.05) is 38.0 Å². The van der Waals surface area contributed by atoms with Crippen LogP contribution < -0.4 is 5.32 Å². The van der Waals surface area contributed by atoms with Crippen LogP contribution in [-0.2, 0) is 11.3 Å². The number of rotatable bonds is 4. The smallest absolute Gasteiger partial charge is 0.240 e. The summed E-state index contributed by atoms with van der Waals surface area (Å²) < 4.78 is 1.95. The minimum Gasteiger partial charge on any atom is -0.352 e. The molecule has 1 fully saturated rings. The highest BCUT2D eigenvalue weighted by atomic mass is 16.2. The van der Waals surface area contributed by atoms with Gasteiger partial charge in [-0.3, -0.25) is 9.59 Å². The molecule has 2 atom stereocenters. The summed E-state index contributed by atoms with van der Waals surface area (Å²) in [6.07, 6.45) is 5.59. The topological polar surface area (TPSA) is 51.1 Å². The minimum atomic E-state index is 0.0325. The molecule has 122 valence electrons. The zero-order valence-electron chi connectivity index (χ0n) is 13.8. The van der Waals surface area contributed by atoms with Gasteiger partial charge < -0.3 is 9.88 Å². The first-order valence-electron chi connectivity index (χ1n) is 8.44. The Morgan fingerprint density at radius 3 is 2.78 bits per heavy atom. The molecule has 1 aliphatic carbocycles. The molecule has 3 rings (SSSR count). The molecule has 0 saturated heterocycles. The average molecular weight is 312 g/mol. The molecule has 2 aromatic rings. The summed E-state index contributed by atoms with van der Waals surface area (Å²) in [6, 6.07) is 8.04.